The Bertz CT molecular complexity index is 614. The van der Waals surface area contributed by atoms with Gasteiger partial charge in [0.1, 0.15) is 11.1 Å². The minimum atomic E-state index is -0.632. The van der Waals surface area contributed by atoms with Crippen molar-refractivity contribution in [3.8, 4) is 6.07 Å². The predicted molar refractivity (Wildman–Crippen MR) is 97.0 cm³/mol. The van der Waals surface area contributed by atoms with Gasteiger partial charge in [-0.15, -0.1) is 11.8 Å². The molecule has 1 aromatic rings. The van der Waals surface area contributed by atoms with E-state index in [9.17, 15) is 10.4 Å². The van der Waals surface area contributed by atoms with Crippen LogP contribution >= 0.6 is 23.5 Å². The molecule has 0 radical (unpaired) electrons. The Morgan fingerprint density at radius 2 is 2.17 bits per heavy atom. The van der Waals surface area contributed by atoms with E-state index < -0.39 is 5.60 Å². The summed E-state index contributed by atoms with van der Waals surface area (Å²) in [5.41, 5.74) is 2.45. The van der Waals surface area contributed by atoms with Crippen LogP contribution in [0.25, 0.3) is 0 Å². The van der Waals surface area contributed by atoms with Gasteiger partial charge >= 0.3 is 0 Å². The molecule has 0 spiro atoms. The van der Waals surface area contributed by atoms with Crippen molar-refractivity contribution in [1.82, 2.24) is 4.98 Å². The number of nitriles is 1. The van der Waals surface area contributed by atoms with Crippen molar-refractivity contribution in [2.24, 2.45) is 0 Å². The van der Waals surface area contributed by atoms with Crippen LogP contribution in [0.15, 0.2) is 11.1 Å². The van der Waals surface area contributed by atoms with E-state index in [2.05, 4.69) is 12.3 Å². The first kappa shape index (κ1) is 17.1. The smallest absolute Gasteiger partial charge is 0.114 e. The number of aryl methyl sites for hydroxylation is 2. The van der Waals surface area contributed by atoms with Crippen LogP contribution in [0.3, 0.4) is 0 Å². The molecular formula is C18H24N2OS2. The molecule has 1 heterocycles. The zero-order valence-corrected chi connectivity index (χ0v) is 15.3. The summed E-state index contributed by atoms with van der Waals surface area (Å²) in [7, 11) is 0. The minimum Gasteiger partial charge on any atom is -0.388 e. The average Bonchev–Trinajstić information content (AvgIpc) is 2.59. The molecule has 0 aliphatic heterocycles. The zero-order valence-electron chi connectivity index (χ0n) is 13.7. The summed E-state index contributed by atoms with van der Waals surface area (Å²) in [6.45, 7) is 0. The first-order valence-electron chi connectivity index (χ1n) is 8.47. The van der Waals surface area contributed by atoms with Crippen LogP contribution in [0.5, 0.6) is 0 Å². The van der Waals surface area contributed by atoms with E-state index >= 15 is 0 Å². The van der Waals surface area contributed by atoms with Gasteiger partial charge < -0.3 is 5.11 Å². The van der Waals surface area contributed by atoms with Crippen LogP contribution in [0.2, 0.25) is 0 Å². The fourth-order valence-corrected chi connectivity index (χ4v) is 6.01. The number of nitrogens with zero attached hydrogens (tertiary/aromatic N) is 2. The third-order valence-corrected chi connectivity index (χ3v) is 7.53. The van der Waals surface area contributed by atoms with E-state index in [0.29, 0.717) is 16.6 Å². The highest BCUT2D eigenvalue weighted by Crippen LogP contribution is 2.39. The highest BCUT2D eigenvalue weighted by molar-refractivity contribution is 8.00. The second kappa shape index (κ2) is 7.46. The molecule has 1 saturated carbocycles. The van der Waals surface area contributed by atoms with Crippen molar-refractivity contribution in [3.63, 3.8) is 0 Å². The summed E-state index contributed by atoms with van der Waals surface area (Å²) >= 11 is 3.34. The van der Waals surface area contributed by atoms with Crippen molar-refractivity contribution >= 4 is 23.5 Å². The first-order chi connectivity index (χ1) is 11.2. The highest BCUT2D eigenvalue weighted by atomic mass is 32.2. The van der Waals surface area contributed by atoms with Gasteiger partial charge in [0, 0.05) is 16.7 Å². The van der Waals surface area contributed by atoms with Crippen LogP contribution in [-0.2, 0) is 12.8 Å². The number of thioether (sulfide) groups is 2. The Kier molecular flexibility index (Phi) is 5.56. The molecule has 1 fully saturated rings. The largest absolute Gasteiger partial charge is 0.388 e. The third kappa shape index (κ3) is 3.70. The molecule has 3 nitrogen and oxygen atoms in total. The Morgan fingerprint density at radius 3 is 2.96 bits per heavy atom. The highest BCUT2D eigenvalue weighted by Gasteiger charge is 2.38. The lowest BCUT2D eigenvalue weighted by Gasteiger charge is -2.38. The summed E-state index contributed by atoms with van der Waals surface area (Å²) in [6, 6.07) is 4.33. The quantitative estimate of drug-likeness (QED) is 0.835. The van der Waals surface area contributed by atoms with E-state index in [-0.39, 0.29) is 0 Å². The molecule has 23 heavy (non-hydrogen) atoms. The van der Waals surface area contributed by atoms with E-state index in [4.69, 9.17) is 4.98 Å². The van der Waals surface area contributed by atoms with Gasteiger partial charge in [-0.05, 0) is 56.4 Å². The number of pyridine rings is 1. The fourth-order valence-electron chi connectivity index (χ4n) is 3.69. The SMILES string of the molecule is CSC1CCCCC1(O)CSc1nc2c(cc1C#N)CCCC2. The van der Waals surface area contributed by atoms with E-state index in [0.717, 1.165) is 42.8 Å². The second-order valence-electron chi connectivity index (χ2n) is 6.63. The summed E-state index contributed by atoms with van der Waals surface area (Å²) in [5, 5.41) is 21.6. The molecular weight excluding hydrogens is 324 g/mol. The van der Waals surface area contributed by atoms with E-state index in [1.54, 1.807) is 23.5 Å². The molecule has 124 valence electrons. The molecule has 0 saturated heterocycles. The van der Waals surface area contributed by atoms with Crippen molar-refractivity contribution in [1.29, 1.82) is 5.26 Å². The molecule has 0 amide bonds. The second-order valence-corrected chi connectivity index (χ2v) is 8.63. The molecule has 3 rings (SSSR count). The molecule has 1 N–H and O–H groups in total. The molecule has 2 aliphatic carbocycles. The maximum Gasteiger partial charge on any atom is 0.114 e. The third-order valence-electron chi connectivity index (χ3n) is 5.05. The van der Waals surface area contributed by atoms with Gasteiger partial charge in [-0.3, -0.25) is 0 Å². The number of fused-ring (bicyclic) bond motifs is 1. The average molecular weight is 349 g/mol. The Labute approximate surface area is 147 Å². The fraction of sp³-hybridized carbons (Fsp3) is 0.667. The predicted octanol–water partition coefficient (Wildman–Crippen LogP) is 3.96. The summed E-state index contributed by atoms with van der Waals surface area (Å²) in [4.78, 5) is 4.77. The van der Waals surface area contributed by atoms with Crippen molar-refractivity contribution in [2.75, 3.05) is 12.0 Å². The molecule has 1 aromatic heterocycles. The van der Waals surface area contributed by atoms with Gasteiger partial charge in [0.2, 0.25) is 0 Å². The lowest BCUT2D eigenvalue weighted by Crippen LogP contribution is -2.45. The summed E-state index contributed by atoms with van der Waals surface area (Å²) < 4.78 is 0. The van der Waals surface area contributed by atoms with Crippen LogP contribution in [0.4, 0.5) is 0 Å². The van der Waals surface area contributed by atoms with Crippen molar-refractivity contribution in [2.45, 2.75) is 67.2 Å². The van der Waals surface area contributed by atoms with Crippen LogP contribution < -0.4 is 0 Å². The molecule has 2 atom stereocenters. The molecule has 5 heteroatoms. The van der Waals surface area contributed by atoms with Gasteiger partial charge in [-0.2, -0.15) is 17.0 Å². The maximum absolute atomic E-state index is 11.0. The number of hydrogen-bond donors (Lipinski definition) is 1. The molecule has 2 unspecified atom stereocenters. The van der Waals surface area contributed by atoms with Gasteiger partial charge in [-0.25, -0.2) is 4.98 Å². The van der Waals surface area contributed by atoms with Gasteiger partial charge in [0.15, 0.2) is 0 Å². The van der Waals surface area contributed by atoms with Crippen LogP contribution in [0.1, 0.15) is 55.3 Å². The maximum atomic E-state index is 11.0. The lowest BCUT2D eigenvalue weighted by molar-refractivity contribution is 0.0340. The van der Waals surface area contributed by atoms with Crippen molar-refractivity contribution in [3.05, 3.63) is 22.9 Å². The Morgan fingerprint density at radius 1 is 1.35 bits per heavy atom. The first-order valence-corrected chi connectivity index (χ1v) is 10.7. The topological polar surface area (TPSA) is 56.9 Å². The normalized spacial score (nSPS) is 27.3. The van der Waals surface area contributed by atoms with Gasteiger partial charge in [0.05, 0.1) is 11.2 Å². The van der Waals surface area contributed by atoms with Crippen molar-refractivity contribution < 1.29 is 5.11 Å². The summed E-state index contributed by atoms with van der Waals surface area (Å²) in [5.74, 6) is 0.638. The Balaban J connectivity index is 1.78. The monoisotopic (exact) mass is 348 g/mol. The summed E-state index contributed by atoms with van der Waals surface area (Å²) in [6.07, 6.45) is 10.8. The van der Waals surface area contributed by atoms with E-state index in [1.807, 2.05) is 6.07 Å². The van der Waals surface area contributed by atoms with Gasteiger partial charge in [-0.1, -0.05) is 12.8 Å². The molecule has 0 aromatic carbocycles. The zero-order chi connectivity index (χ0) is 16.3. The lowest BCUT2D eigenvalue weighted by atomic mass is 9.86. The standard InChI is InChI=1S/C18H24N2OS2/c1-22-16-8-4-5-9-18(16,21)12-23-17-14(11-19)10-13-6-2-3-7-15(13)20-17/h10,16,21H,2-9,12H2,1H3. The molecule has 2 aliphatic rings. The van der Waals surface area contributed by atoms with E-state index in [1.165, 1.54) is 24.8 Å². The molecule has 0 bridgehead atoms. The minimum absolute atomic E-state index is 0.298. The van der Waals surface area contributed by atoms with Gasteiger partial charge in [0.25, 0.3) is 0 Å². The van der Waals surface area contributed by atoms with Crippen LogP contribution in [-0.4, -0.2) is 33.0 Å². The number of hydrogen-bond acceptors (Lipinski definition) is 5. The number of rotatable bonds is 4. The van der Waals surface area contributed by atoms with Crippen LogP contribution in [0, 0.1) is 11.3 Å². The number of aromatic nitrogens is 1. The Hall–Kier alpha value is -0.700. The number of aliphatic hydroxyl groups is 1.